The molecule has 0 fully saturated rings. The minimum atomic E-state index is -0.593. The Kier molecular flexibility index (Phi) is 5.59. The lowest BCUT2D eigenvalue weighted by atomic mass is 9.87. The molecular formula is C19H19ClN2O3. The van der Waals surface area contributed by atoms with Crippen molar-refractivity contribution < 1.29 is 9.72 Å². The lowest BCUT2D eigenvalue weighted by Gasteiger charge is -2.18. The number of hydrogen-bond donors (Lipinski definition) is 1. The molecule has 0 saturated heterocycles. The summed E-state index contributed by atoms with van der Waals surface area (Å²) >= 11 is 5.75. The van der Waals surface area contributed by atoms with Crippen LogP contribution in [0.25, 0.3) is 6.08 Å². The van der Waals surface area contributed by atoms with Gasteiger partial charge in [-0.1, -0.05) is 56.6 Å². The quantitative estimate of drug-likeness (QED) is 0.464. The van der Waals surface area contributed by atoms with Gasteiger partial charge in [0.2, 0.25) is 5.91 Å². The van der Waals surface area contributed by atoms with Crippen molar-refractivity contribution in [2.75, 3.05) is 5.32 Å². The molecule has 0 bridgehead atoms. The van der Waals surface area contributed by atoms with Crippen LogP contribution in [0.4, 0.5) is 11.4 Å². The summed E-state index contributed by atoms with van der Waals surface area (Å²) in [5, 5.41) is 13.5. The largest absolute Gasteiger partial charge is 0.322 e. The van der Waals surface area contributed by atoms with Crippen molar-refractivity contribution >= 4 is 35.0 Å². The van der Waals surface area contributed by atoms with Crippen molar-refractivity contribution in [2.45, 2.75) is 26.2 Å². The Bertz CT molecular complexity index is 822. The van der Waals surface area contributed by atoms with Crippen LogP contribution in [-0.2, 0) is 10.2 Å². The first-order valence-electron chi connectivity index (χ1n) is 7.70. The Morgan fingerprint density at radius 3 is 2.36 bits per heavy atom. The second kappa shape index (κ2) is 7.49. The zero-order chi connectivity index (χ0) is 18.6. The predicted molar refractivity (Wildman–Crippen MR) is 101 cm³/mol. The second-order valence-corrected chi connectivity index (χ2v) is 7.03. The Morgan fingerprint density at radius 2 is 1.80 bits per heavy atom. The fraction of sp³-hybridized carbons (Fsp3) is 0.211. The van der Waals surface area contributed by atoms with Crippen LogP contribution in [0.2, 0.25) is 5.02 Å². The van der Waals surface area contributed by atoms with E-state index in [1.54, 1.807) is 6.08 Å². The van der Waals surface area contributed by atoms with Gasteiger partial charge in [0.25, 0.3) is 5.69 Å². The van der Waals surface area contributed by atoms with Crippen molar-refractivity contribution in [3.8, 4) is 0 Å². The molecule has 0 heterocycles. The average Bonchev–Trinajstić information content (AvgIpc) is 2.54. The number of halogens is 1. The Morgan fingerprint density at radius 1 is 1.16 bits per heavy atom. The van der Waals surface area contributed by atoms with Gasteiger partial charge in [0, 0.05) is 17.8 Å². The van der Waals surface area contributed by atoms with Crippen molar-refractivity contribution in [2.24, 2.45) is 0 Å². The summed E-state index contributed by atoms with van der Waals surface area (Å²) in [5.41, 5.74) is 2.24. The van der Waals surface area contributed by atoms with Crippen LogP contribution in [0.1, 0.15) is 31.9 Å². The molecule has 25 heavy (non-hydrogen) atoms. The molecular weight excluding hydrogens is 340 g/mol. The van der Waals surface area contributed by atoms with Crippen LogP contribution >= 0.6 is 11.6 Å². The van der Waals surface area contributed by atoms with Gasteiger partial charge in [0.1, 0.15) is 5.02 Å². The van der Waals surface area contributed by atoms with Crippen LogP contribution in [0, 0.1) is 10.1 Å². The van der Waals surface area contributed by atoms with Crippen LogP contribution in [0.15, 0.2) is 48.5 Å². The highest BCUT2D eigenvalue weighted by atomic mass is 35.5. The number of nitrogens with zero attached hydrogens (tertiary/aromatic N) is 1. The smallest absolute Gasteiger partial charge is 0.289 e. The fourth-order valence-electron chi connectivity index (χ4n) is 2.18. The SMILES string of the molecule is CC(C)(C)c1ccc(C=CC(=O)Nc2ccc(Cl)c([N+](=O)[O-])c2)cc1. The van der Waals surface area contributed by atoms with Crippen molar-refractivity contribution in [3.05, 3.63) is 74.8 Å². The predicted octanol–water partition coefficient (Wildman–Crippen LogP) is 5.20. The maximum atomic E-state index is 12.0. The number of hydrogen-bond acceptors (Lipinski definition) is 3. The van der Waals surface area contributed by atoms with Crippen molar-refractivity contribution in [1.29, 1.82) is 0 Å². The summed E-state index contributed by atoms with van der Waals surface area (Å²) in [7, 11) is 0. The van der Waals surface area contributed by atoms with Gasteiger partial charge in [-0.3, -0.25) is 14.9 Å². The Labute approximate surface area is 151 Å². The highest BCUT2D eigenvalue weighted by Gasteiger charge is 2.14. The van der Waals surface area contributed by atoms with E-state index in [2.05, 4.69) is 26.1 Å². The molecule has 2 rings (SSSR count). The number of anilines is 1. The minimum absolute atomic E-state index is 0.0254. The van der Waals surface area contributed by atoms with Crippen LogP contribution in [-0.4, -0.2) is 10.8 Å². The normalized spacial score (nSPS) is 11.5. The lowest BCUT2D eigenvalue weighted by Crippen LogP contribution is -2.10. The van der Waals surface area contributed by atoms with Crippen LogP contribution < -0.4 is 5.32 Å². The first kappa shape index (κ1) is 18.7. The molecule has 1 N–H and O–H groups in total. The number of amides is 1. The van der Waals surface area contributed by atoms with Gasteiger partial charge in [0.15, 0.2) is 0 Å². The summed E-state index contributed by atoms with van der Waals surface area (Å²) in [4.78, 5) is 22.2. The van der Waals surface area contributed by atoms with Crippen LogP contribution in [0.3, 0.4) is 0 Å². The molecule has 0 aromatic heterocycles. The molecule has 5 nitrogen and oxygen atoms in total. The minimum Gasteiger partial charge on any atom is -0.322 e. The first-order chi connectivity index (χ1) is 11.7. The van der Waals surface area contributed by atoms with E-state index in [0.29, 0.717) is 5.69 Å². The van der Waals surface area contributed by atoms with Crippen molar-refractivity contribution in [1.82, 2.24) is 0 Å². The highest BCUT2D eigenvalue weighted by molar-refractivity contribution is 6.32. The van der Waals surface area contributed by atoms with E-state index in [4.69, 9.17) is 11.6 Å². The summed E-state index contributed by atoms with van der Waals surface area (Å²) in [5.74, 6) is -0.378. The molecule has 1 amide bonds. The molecule has 0 spiro atoms. The number of nitro groups is 1. The zero-order valence-corrected chi connectivity index (χ0v) is 15.0. The first-order valence-corrected chi connectivity index (χ1v) is 8.08. The summed E-state index contributed by atoms with van der Waals surface area (Å²) in [6.07, 6.45) is 3.07. The molecule has 0 saturated carbocycles. The van der Waals surface area contributed by atoms with Crippen molar-refractivity contribution in [3.63, 3.8) is 0 Å². The third-order valence-electron chi connectivity index (χ3n) is 3.61. The van der Waals surface area contributed by atoms with Gasteiger partial charge in [-0.2, -0.15) is 0 Å². The van der Waals surface area contributed by atoms with E-state index in [-0.39, 0.29) is 22.0 Å². The number of carbonyl (C=O) groups excluding carboxylic acids is 1. The summed E-state index contributed by atoms with van der Waals surface area (Å²) in [6.45, 7) is 6.41. The number of nitrogens with one attached hydrogen (secondary N) is 1. The molecule has 2 aromatic carbocycles. The molecule has 0 atom stereocenters. The van der Waals surface area contributed by atoms with Gasteiger partial charge in [-0.15, -0.1) is 0 Å². The van der Waals surface area contributed by atoms with Crippen LogP contribution in [0.5, 0.6) is 0 Å². The van der Waals surface area contributed by atoms with E-state index in [1.807, 2.05) is 24.3 Å². The molecule has 0 radical (unpaired) electrons. The Balaban J connectivity index is 2.06. The summed E-state index contributed by atoms with van der Waals surface area (Å²) in [6, 6.07) is 12.1. The van der Waals surface area contributed by atoms with E-state index in [9.17, 15) is 14.9 Å². The third kappa shape index (κ3) is 5.16. The molecule has 2 aromatic rings. The fourth-order valence-corrected chi connectivity index (χ4v) is 2.37. The molecule has 0 unspecified atom stereocenters. The zero-order valence-electron chi connectivity index (χ0n) is 14.2. The standard InChI is InChI=1S/C19H19ClN2O3/c1-19(2,3)14-7-4-13(5-8-14)6-11-18(23)21-15-9-10-16(20)17(12-15)22(24)25/h4-12H,1-3H3,(H,21,23). The maximum absolute atomic E-state index is 12.0. The number of rotatable bonds is 4. The third-order valence-corrected chi connectivity index (χ3v) is 3.93. The monoisotopic (exact) mass is 358 g/mol. The molecule has 0 aliphatic rings. The molecule has 6 heteroatoms. The van der Waals surface area contributed by atoms with E-state index in [0.717, 1.165) is 5.56 Å². The van der Waals surface area contributed by atoms with E-state index < -0.39 is 4.92 Å². The Hall–Kier alpha value is -2.66. The topological polar surface area (TPSA) is 72.2 Å². The molecule has 0 aliphatic carbocycles. The number of carbonyl (C=O) groups is 1. The average molecular weight is 359 g/mol. The van der Waals surface area contributed by atoms with Gasteiger partial charge >= 0.3 is 0 Å². The lowest BCUT2D eigenvalue weighted by molar-refractivity contribution is -0.384. The van der Waals surface area contributed by atoms with Gasteiger partial charge in [-0.25, -0.2) is 0 Å². The molecule has 0 aliphatic heterocycles. The second-order valence-electron chi connectivity index (χ2n) is 6.62. The number of benzene rings is 2. The van der Waals surface area contributed by atoms with E-state index in [1.165, 1.54) is 29.8 Å². The maximum Gasteiger partial charge on any atom is 0.289 e. The van der Waals surface area contributed by atoms with Gasteiger partial charge in [0.05, 0.1) is 4.92 Å². The highest BCUT2D eigenvalue weighted by Crippen LogP contribution is 2.27. The van der Waals surface area contributed by atoms with Gasteiger partial charge < -0.3 is 5.32 Å². The van der Waals surface area contributed by atoms with Gasteiger partial charge in [-0.05, 0) is 34.8 Å². The van der Waals surface area contributed by atoms with E-state index >= 15 is 0 Å². The summed E-state index contributed by atoms with van der Waals surface area (Å²) < 4.78 is 0. The molecule has 130 valence electrons. The number of nitro benzene ring substituents is 1.